The second-order valence-electron chi connectivity index (χ2n) is 4.56. The number of hydrogen-bond donors (Lipinski definition) is 3. The van der Waals surface area contributed by atoms with Gasteiger partial charge in [0, 0.05) is 26.2 Å². The summed E-state index contributed by atoms with van der Waals surface area (Å²) in [5.74, 6) is 0.796. The van der Waals surface area contributed by atoms with Gasteiger partial charge < -0.3 is 9.80 Å². The van der Waals surface area contributed by atoms with Crippen LogP contribution >= 0.6 is 0 Å². The van der Waals surface area contributed by atoms with E-state index in [4.69, 9.17) is 10.8 Å². The van der Waals surface area contributed by atoms with Crippen LogP contribution in [0.1, 0.15) is 32.1 Å². The Morgan fingerprint density at radius 3 is 1.50 bits per heavy atom. The average molecular weight is 223 g/mol. The van der Waals surface area contributed by atoms with Crippen molar-refractivity contribution < 1.29 is 0 Å². The summed E-state index contributed by atoms with van der Waals surface area (Å²) in [6.07, 6.45) is 5.94. The summed E-state index contributed by atoms with van der Waals surface area (Å²) >= 11 is 0. The van der Waals surface area contributed by atoms with Crippen molar-refractivity contribution >= 4 is 11.9 Å². The molecule has 0 atom stereocenters. The van der Waals surface area contributed by atoms with E-state index in [0.29, 0.717) is 11.9 Å². The summed E-state index contributed by atoms with van der Waals surface area (Å²) in [6.45, 7) is 3.83. The second kappa shape index (κ2) is 5.18. The molecule has 0 saturated carbocycles. The number of likely N-dealkylation sites (tertiary alicyclic amines) is 2. The standard InChI is InChI=1S/C11H21N5/c12-10(15-6-2-1-3-7-15)14-11(13)16-8-4-5-9-16/h1-9H2,(H3,12,13,14). The molecule has 0 unspecified atom stereocenters. The van der Waals surface area contributed by atoms with Crippen LogP contribution in [0.2, 0.25) is 0 Å². The summed E-state index contributed by atoms with van der Waals surface area (Å²) < 4.78 is 0. The molecule has 0 spiro atoms. The predicted molar refractivity (Wildman–Crippen MR) is 64.8 cm³/mol. The highest BCUT2D eigenvalue weighted by atomic mass is 15.4. The number of hydrogen-bond acceptors (Lipinski definition) is 2. The SMILES string of the molecule is N=C(NC(=N)N1CCCC1)N1CCCCC1. The largest absolute Gasteiger partial charge is 0.343 e. The van der Waals surface area contributed by atoms with E-state index in [1.54, 1.807) is 0 Å². The van der Waals surface area contributed by atoms with Crippen LogP contribution in [0.3, 0.4) is 0 Å². The Morgan fingerprint density at radius 1 is 0.688 bits per heavy atom. The third kappa shape index (κ3) is 2.65. The Morgan fingerprint density at radius 2 is 1.06 bits per heavy atom. The predicted octanol–water partition coefficient (Wildman–Crippen LogP) is 1.03. The molecule has 16 heavy (non-hydrogen) atoms. The molecule has 5 nitrogen and oxygen atoms in total. The van der Waals surface area contributed by atoms with E-state index in [2.05, 4.69) is 5.32 Å². The molecular formula is C11H21N5. The molecule has 2 aliphatic heterocycles. The van der Waals surface area contributed by atoms with Gasteiger partial charge in [-0.2, -0.15) is 0 Å². The van der Waals surface area contributed by atoms with E-state index >= 15 is 0 Å². The van der Waals surface area contributed by atoms with E-state index < -0.39 is 0 Å². The van der Waals surface area contributed by atoms with Gasteiger partial charge in [0.25, 0.3) is 0 Å². The minimum absolute atomic E-state index is 0.396. The quantitative estimate of drug-likeness (QED) is 0.424. The van der Waals surface area contributed by atoms with Crippen molar-refractivity contribution in [1.29, 1.82) is 10.8 Å². The summed E-state index contributed by atoms with van der Waals surface area (Å²) in [5, 5.41) is 18.7. The van der Waals surface area contributed by atoms with Crippen LogP contribution in [0.4, 0.5) is 0 Å². The molecule has 5 heteroatoms. The first-order valence-corrected chi connectivity index (χ1v) is 6.21. The van der Waals surface area contributed by atoms with Crippen LogP contribution in [0.15, 0.2) is 0 Å². The van der Waals surface area contributed by atoms with Gasteiger partial charge in [0.15, 0.2) is 11.9 Å². The van der Waals surface area contributed by atoms with Crippen molar-refractivity contribution in [2.45, 2.75) is 32.1 Å². The summed E-state index contributed by atoms with van der Waals surface area (Å²) in [5.41, 5.74) is 0. The third-order valence-electron chi connectivity index (χ3n) is 3.33. The highest BCUT2D eigenvalue weighted by Gasteiger charge is 2.18. The lowest BCUT2D eigenvalue weighted by Crippen LogP contribution is -2.49. The first-order valence-electron chi connectivity index (χ1n) is 6.21. The first kappa shape index (κ1) is 11.2. The molecule has 2 fully saturated rings. The maximum atomic E-state index is 7.92. The highest BCUT2D eigenvalue weighted by molar-refractivity contribution is 5.95. The van der Waals surface area contributed by atoms with Crippen molar-refractivity contribution in [1.82, 2.24) is 15.1 Å². The molecule has 0 amide bonds. The number of nitrogens with zero attached hydrogens (tertiary/aromatic N) is 2. The summed E-state index contributed by atoms with van der Waals surface area (Å²) in [4.78, 5) is 4.05. The lowest BCUT2D eigenvalue weighted by Gasteiger charge is -2.30. The van der Waals surface area contributed by atoms with Crippen LogP contribution in [-0.2, 0) is 0 Å². The molecule has 0 radical (unpaired) electrons. The monoisotopic (exact) mass is 223 g/mol. The third-order valence-corrected chi connectivity index (χ3v) is 3.33. The Labute approximate surface area is 96.8 Å². The molecule has 2 heterocycles. The van der Waals surface area contributed by atoms with Crippen molar-refractivity contribution in [3.05, 3.63) is 0 Å². The Balaban J connectivity index is 1.79. The maximum absolute atomic E-state index is 7.92. The lowest BCUT2D eigenvalue weighted by molar-refractivity contribution is 0.332. The van der Waals surface area contributed by atoms with Crippen molar-refractivity contribution in [3.8, 4) is 0 Å². The minimum atomic E-state index is 0.396. The van der Waals surface area contributed by atoms with E-state index in [1.807, 2.05) is 9.80 Å². The molecule has 90 valence electrons. The molecule has 2 aliphatic rings. The van der Waals surface area contributed by atoms with Crippen molar-refractivity contribution in [3.63, 3.8) is 0 Å². The van der Waals surface area contributed by atoms with Gasteiger partial charge in [-0.25, -0.2) is 0 Å². The smallest absolute Gasteiger partial charge is 0.197 e. The van der Waals surface area contributed by atoms with Crippen LogP contribution < -0.4 is 5.32 Å². The summed E-state index contributed by atoms with van der Waals surface area (Å²) in [6, 6.07) is 0. The zero-order chi connectivity index (χ0) is 11.4. The molecule has 0 bridgehead atoms. The van der Waals surface area contributed by atoms with Gasteiger partial charge in [0.2, 0.25) is 0 Å². The average Bonchev–Trinajstić information content (AvgIpc) is 2.83. The van der Waals surface area contributed by atoms with Gasteiger partial charge in [0.05, 0.1) is 0 Å². The molecule has 0 aromatic rings. The maximum Gasteiger partial charge on any atom is 0.197 e. The molecule has 0 aromatic carbocycles. The number of rotatable bonds is 0. The Bertz CT molecular complexity index is 264. The number of guanidine groups is 2. The van der Waals surface area contributed by atoms with Gasteiger partial charge in [-0.3, -0.25) is 16.1 Å². The Hall–Kier alpha value is -1.26. The zero-order valence-electron chi connectivity index (χ0n) is 9.76. The van der Waals surface area contributed by atoms with Crippen molar-refractivity contribution in [2.75, 3.05) is 26.2 Å². The lowest BCUT2D eigenvalue weighted by atomic mass is 10.1. The molecule has 2 rings (SSSR count). The number of piperidine rings is 1. The fourth-order valence-electron chi connectivity index (χ4n) is 2.33. The van der Waals surface area contributed by atoms with Gasteiger partial charge in [-0.1, -0.05) is 0 Å². The first-order chi connectivity index (χ1) is 7.77. The normalized spacial score (nSPS) is 21.0. The van der Waals surface area contributed by atoms with Gasteiger partial charge in [-0.05, 0) is 32.1 Å². The molecule has 3 N–H and O–H groups in total. The minimum Gasteiger partial charge on any atom is -0.343 e. The van der Waals surface area contributed by atoms with Gasteiger partial charge in [-0.15, -0.1) is 0 Å². The molecule has 2 saturated heterocycles. The molecule has 0 aliphatic carbocycles. The van der Waals surface area contributed by atoms with E-state index in [9.17, 15) is 0 Å². The molecular weight excluding hydrogens is 202 g/mol. The van der Waals surface area contributed by atoms with E-state index in [0.717, 1.165) is 26.2 Å². The topological polar surface area (TPSA) is 66.2 Å². The van der Waals surface area contributed by atoms with Crippen LogP contribution in [0.25, 0.3) is 0 Å². The van der Waals surface area contributed by atoms with Crippen molar-refractivity contribution in [2.24, 2.45) is 0 Å². The number of nitrogens with one attached hydrogen (secondary N) is 3. The fraction of sp³-hybridized carbons (Fsp3) is 0.818. The summed E-state index contributed by atoms with van der Waals surface area (Å²) in [7, 11) is 0. The molecule has 0 aromatic heterocycles. The van der Waals surface area contributed by atoms with Crippen LogP contribution in [0.5, 0.6) is 0 Å². The fourth-order valence-corrected chi connectivity index (χ4v) is 2.33. The zero-order valence-corrected chi connectivity index (χ0v) is 9.76. The van der Waals surface area contributed by atoms with Gasteiger partial charge in [0.1, 0.15) is 0 Å². The highest BCUT2D eigenvalue weighted by Crippen LogP contribution is 2.09. The van der Waals surface area contributed by atoms with Crippen LogP contribution in [0, 0.1) is 10.8 Å². The second-order valence-corrected chi connectivity index (χ2v) is 4.56. The van der Waals surface area contributed by atoms with E-state index in [-0.39, 0.29) is 0 Å². The van der Waals surface area contributed by atoms with Gasteiger partial charge >= 0.3 is 0 Å². The van der Waals surface area contributed by atoms with E-state index in [1.165, 1.54) is 32.1 Å². The van der Waals surface area contributed by atoms with Crippen LogP contribution in [-0.4, -0.2) is 47.9 Å². The Kier molecular flexibility index (Phi) is 3.64.